The molecule has 0 aliphatic carbocycles. The minimum Gasteiger partial charge on any atom is -0.459 e. The van der Waals surface area contributed by atoms with Crippen LogP contribution in [0.2, 0.25) is 0 Å². The molecule has 3 nitrogen and oxygen atoms in total. The summed E-state index contributed by atoms with van der Waals surface area (Å²) in [5.74, 6) is 1.94. The summed E-state index contributed by atoms with van der Waals surface area (Å²) in [6.45, 7) is 4.09. The van der Waals surface area contributed by atoms with E-state index in [4.69, 9.17) is 4.42 Å². The molecule has 0 spiro atoms. The molecular weight excluding hydrogens is 220 g/mol. The first kappa shape index (κ1) is 10.1. The molecule has 4 heteroatoms. The maximum absolute atomic E-state index is 5.72. The fourth-order valence-electron chi connectivity index (χ4n) is 1.91. The van der Waals surface area contributed by atoms with Gasteiger partial charge in [-0.2, -0.15) is 0 Å². The zero-order valence-electron chi connectivity index (χ0n) is 9.25. The van der Waals surface area contributed by atoms with Crippen molar-refractivity contribution >= 4 is 11.3 Å². The van der Waals surface area contributed by atoms with E-state index in [0.717, 1.165) is 42.5 Å². The SMILES string of the molecule is CCc1ccc(-c2nc3c(s2)CNCC3)o1. The molecule has 0 saturated heterocycles. The lowest BCUT2D eigenvalue weighted by Gasteiger charge is -2.09. The molecule has 0 radical (unpaired) electrons. The van der Waals surface area contributed by atoms with Crippen LogP contribution in [0.1, 0.15) is 23.3 Å². The number of furan rings is 1. The van der Waals surface area contributed by atoms with Gasteiger partial charge in [-0.3, -0.25) is 0 Å². The first-order valence-corrected chi connectivity index (χ1v) is 6.47. The number of aromatic nitrogens is 1. The molecule has 0 aromatic carbocycles. The van der Waals surface area contributed by atoms with Crippen LogP contribution >= 0.6 is 11.3 Å². The predicted octanol–water partition coefficient (Wildman–Crippen LogP) is 2.61. The molecular formula is C12H14N2OS. The van der Waals surface area contributed by atoms with Crippen LogP contribution in [0.4, 0.5) is 0 Å². The van der Waals surface area contributed by atoms with Gasteiger partial charge in [0.05, 0.1) is 5.69 Å². The molecule has 84 valence electrons. The molecule has 2 aromatic heterocycles. The van der Waals surface area contributed by atoms with Crippen molar-refractivity contribution in [3.63, 3.8) is 0 Å². The summed E-state index contributed by atoms with van der Waals surface area (Å²) in [7, 11) is 0. The van der Waals surface area contributed by atoms with Gasteiger partial charge in [-0.05, 0) is 12.1 Å². The number of fused-ring (bicyclic) bond motifs is 1. The van der Waals surface area contributed by atoms with Gasteiger partial charge >= 0.3 is 0 Å². The van der Waals surface area contributed by atoms with Gasteiger partial charge in [-0.1, -0.05) is 6.92 Å². The van der Waals surface area contributed by atoms with Crippen molar-refractivity contribution in [3.8, 4) is 10.8 Å². The van der Waals surface area contributed by atoms with Crippen LogP contribution in [0.15, 0.2) is 16.5 Å². The third-order valence-corrected chi connectivity index (χ3v) is 3.94. The monoisotopic (exact) mass is 234 g/mol. The van der Waals surface area contributed by atoms with E-state index in [-0.39, 0.29) is 0 Å². The molecule has 0 unspecified atom stereocenters. The van der Waals surface area contributed by atoms with Gasteiger partial charge in [0.1, 0.15) is 5.76 Å². The molecule has 0 fully saturated rings. The largest absolute Gasteiger partial charge is 0.459 e. The van der Waals surface area contributed by atoms with Crippen LogP contribution in [0.5, 0.6) is 0 Å². The Morgan fingerprint density at radius 1 is 1.50 bits per heavy atom. The highest BCUT2D eigenvalue weighted by Crippen LogP contribution is 2.30. The fourth-order valence-corrected chi connectivity index (χ4v) is 2.95. The zero-order valence-corrected chi connectivity index (χ0v) is 10.1. The Labute approximate surface area is 98.5 Å². The highest BCUT2D eigenvalue weighted by molar-refractivity contribution is 7.15. The Morgan fingerprint density at radius 2 is 2.44 bits per heavy atom. The standard InChI is InChI=1S/C12H14N2OS/c1-2-8-3-4-10(15-8)12-14-9-5-6-13-7-11(9)16-12/h3-4,13H,2,5-7H2,1H3. The Hall–Kier alpha value is -1.13. The number of rotatable bonds is 2. The van der Waals surface area contributed by atoms with Gasteiger partial charge in [0, 0.05) is 30.8 Å². The average Bonchev–Trinajstić information content (AvgIpc) is 2.95. The molecule has 2 aromatic rings. The van der Waals surface area contributed by atoms with Crippen molar-refractivity contribution in [2.45, 2.75) is 26.3 Å². The second kappa shape index (κ2) is 4.03. The Balaban J connectivity index is 1.96. The molecule has 1 aliphatic heterocycles. The van der Waals surface area contributed by atoms with E-state index in [1.54, 1.807) is 11.3 Å². The van der Waals surface area contributed by atoms with E-state index in [1.165, 1.54) is 10.6 Å². The maximum atomic E-state index is 5.72. The number of nitrogens with zero attached hydrogens (tertiary/aromatic N) is 1. The minimum absolute atomic E-state index is 0.913. The smallest absolute Gasteiger partial charge is 0.162 e. The van der Waals surface area contributed by atoms with Crippen molar-refractivity contribution in [3.05, 3.63) is 28.5 Å². The van der Waals surface area contributed by atoms with Gasteiger partial charge in [-0.25, -0.2) is 4.98 Å². The molecule has 0 saturated carbocycles. The number of thiazole rings is 1. The number of nitrogens with one attached hydrogen (secondary N) is 1. The average molecular weight is 234 g/mol. The summed E-state index contributed by atoms with van der Waals surface area (Å²) < 4.78 is 5.72. The topological polar surface area (TPSA) is 38.1 Å². The van der Waals surface area contributed by atoms with Crippen molar-refractivity contribution in [1.29, 1.82) is 0 Å². The second-order valence-electron chi connectivity index (χ2n) is 3.94. The Bertz CT molecular complexity index is 477. The van der Waals surface area contributed by atoms with E-state index in [1.807, 2.05) is 12.1 Å². The number of aryl methyl sites for hydroxylation is 1. The van der Waals surface area contributed by atoms with Crippen molar-refractivity contribution in [2.75, 3.05) is 6.54 Å². The molecule has 0 bridgehead atoms. The summed E-state index contributed by atoms with van der Waals surface area (Å²) in [5, 5.41) is 4.38. The van der Waals surface area contributed by atoms with E-state index in [9.17, 15) is 0 Å². The van der Waals surface area contributed by atoms with Gasteiger partial charge in [0.25, 0.3) is 0 Å². The molecule has 0 atom stereocenters. The lowest BCUT2D eigenvalue weighted by Crippen LogP contribution is -2.22. The van der Waals surface area contributed by atoms with E-state index in [2.05, 4.69) is 17.2 Å². The van der Waals surface area contributed by atoms with Gasteiger partial charge in [-0.15, -0.1) is 11.3 Å². The van der Waals surface area contributed by atoms with E-state index >= 15 is 0 Å². The summed E-state index contributed by atoms with van der Waals surface area (Å²) in [4.78, 5) is 6.01. The third kappa shape index (κ3) is 1.68. The highest BCUT2D eigenvalue weighted by atomic mass is 32.1. The van der Waals surface area contributed by atoms with Crippen LogP contribution in [-0.4, -0.2) is 11.5 Å². The van der Waals surface area contributed by atoms with E-state index < -0.39 is 0 Å². The first-order valence-electron chi connectivity index (χ1n) is 5.65. The summed E-state index contributed by atoms with van der Waals surface area (Å²) in [5.41, 5.74) is 1.24. The predicted molar refractivity (Wildman–Crippen MR) is 64.6 cm³/mol. The van der Waals surface area contributed by atoms with Crippen LogP contribution < -0.4 is 5.32 Å². The lowest BCUT2D eigenvalue weighted by molar-refractivity contribution is 0.528. The van der Waals surface area contributed by atoms with Crippen molar-refractivity contribution < 1.29 is 4.42 Å². The molecule has 3 heterocycles. The Morgan fingerprint density at radius 3 is 3.19 bits per heavy atom. The molecule has 1 aliphatic rings. The quantitative estimate of drug-likeness (QED) is 0.868. The number of hydrogen-bond acceptors (Lipinski definition) is 4. The summed E-state index contributed by atoms with van der Waals surface area (Å²) >= 11 is 1.74. The number of hydrogen-bond donors (Lipinski definition) is 1. The Kier molecular flexibility index (Phi) is 2.53. The molecule has 0 amide bonds. The van der Waals surface area contributed by atoms with E-state index in [0.29, 0.717) is 0 Å². The van der Waals surface area contributed by atoms with Gasteiger partial charge in [0.2, 0.25) is 0 Å². The van der Waals surface area contributed by atoms with Crippen LogP contribution in [0.25, 0.3) is 10.8 Å². The van der Waals surface area contributed by atoms with Crippen molar-refractivity contribution in [1.82, 2.24) is 10.3 Å². The summed E-state index contributed by atoms with van der Waals surface area (Å²) in [6, 6.07) is 4.06. The van der Waals surface area contributed by atoms with Crippen LogP contribution in [0, 0.1) is 0 Å². The lowest BCUT2D eigenvalue weighted by atomic mass is 10.2. The summed E-state index contributed by atoms with van der Waals surface area (Å²) in [6.07, 6.45) is 1.97. The fraction of sp³-hybridized carbons (Fsp3) is 0.417. The van der Waals surface area contributed by atoms with Gasteiger partial charge < -0.3 is 9.73 Å². The molecule has 1 N–H and O–H groups in total. The normalized spacial score (nSPS) is 15.1. The zero-order chi connectivity index (χ0) is 11.0. The first-order chi connectivity index (χ1) is 7.86. The van der Waals surface area contributed by atoms with Gasteiger partial charge in [0.15, 0.2) is 10.8 Å². The maximum Gasteiger partial charge on any atom is 0.162 e. The minimum atomic E-state index is 0.913. The highest BCUT2D eigenvalue weighted by Gasteiger charge is 2.17. The van der Waals surface area contributed by atoms with Crippen LogP contribution in [-0.2, 0) is 19.4 Å². The molecule has 3 rings (SSSR count). The van der Waals surface area contributed by atoms with Crippen molar-refractivity contribution in [2.24, 2.45) is 0 Å². The molecule has 16 heavy (non-hydrogen) atoms. The second-order valence-corrected chi connectivity index (χ2v) is 5.02. The van der Waals surface area contributed by atoms with Crippen LogP contribution in [0.3, 0.4) is 0 Å². The third-order valence-electron chi connectivity index (χ3n) is 2.82.